The molecule has 0 radical (unpaired) electrons. The lowest BCUT2D eigenvalue weighted by Crippen LogP contribution is -2.31. The van der Waals surface area contributed by atoms with E-state index >= 15 is 0 Å². The fourth-order valence-electron chi connectivity index (χ4n) is 2.93. The van der Waals surface area contributed by atoms with E-state index in [0.29, 0.717) is 11.2 Å². The molecular formula is C20H23N5O3. The lowest BCUT2D eigenvalue weighted by atomic mass is 9.99. The van der Waals surface area contributed by atoms with Gasteiger partial charge >= 0.3 is 0 Å². The maximum Gasteiger partial charge on any atom is 0.275 e. The van der Waals surface area contributed by atoms with Gasteiger partial charge in [-0.2, -0.15) is 5.10 Å². The van der Waals surface area contributed by atoms with E-state index < -0.39 is 0 Å². The first-order valence-corrected chi connectivity index (χ1v) is 9.04. The van der Waals surface area contributed by atoms with Crippen molar-refractivity contribution in [1.82, 2.24) is 19.7 Å². The Morgan fingerprint density at radius 1 is 1.21 bits per heavy atom. The van der Waals surface area contributed by atoms with E-state index in [1.807, 2.05) is 32.9 Å². The van der Waals surface area contributed by atoms with E-state index in [-0.39, 0.29) is 30.0 Å². The average molecular weight is 381 g/mol. The molecule has 0 saturated heterocycles. The summed E-state index contributed by atoms with van der Waals surface area (Å²) < 4.78 is 6.58. The summed E-state index contributed by atoms with van der Waals surface area (Å²) >= 11 is 0. The van der Waals surface area contributed by atoms with Gasteiger partial charge in [0.05, 0.1) is 17.2 Å². The monoisotopic (exact) mass is 381 g/mol. The fourth-order valence-corrected chi connectivity index (χ4v) is 2.93. The molecular weight excluding hydrogens is 358 g/mol. The third kappa shape index (κ3) is 4.07. The first-order valence-electron chi connectivity index (χ1n) is 9.04. The van der Waals surface area contributed by atoms with Gasteiger partial charge in [0, 0.05) is 18.7 Å². The van der Waals surface area contributed by atoms with Crippen molar-refractivity contribution in [1.29, 1.82) is 0 Å². The van der Waals surface area contributed by atoms with Gasteiger partial charge in [-0.15, -0.1) is 0 Å². The molecule has 0 aliphatic carbocycles. The molecule has 0 aliphatic rings. The van der Waals surface area contributed by atoms with E-state index in [0.717, 1.165) is 16.6 Å². The van der Waals surface area contributed by atoms with Crippen molar-refractivity contribution in [3.63, 3.8) is 0 Å². The molecule has 2 aromatic heterocycles. The van der Waals surface area contributed by atoms with Crippen LogP contribution in [0, 0.1) is 0 Å². The predicted octanol–water partition coefficient (Wildman–Crippen LogP) is 2.66. The molecule has 28 heavy (non-hydrogen) atoms. The van der Waals surface area contributed by atoms with Gasteiger partial charge in [0.15, 0.2) is 0 Å². The maximum absolute atomic E-state index is 12.9. The lowest BCUT2D eigenvalue weighted by molar-refractivity contribution is -0.117. The minimum absolute atomic E-state index is 0.0763. The molecule has 8 nitrogen and oxygen atoms in total. The second-order valence-corrected chi connectivity index (χ2v) is 6.83. The van der Waals surface area contributed by atoms with Gasteiger partial charge in [-0.3, -0.25) is 9.59 Å². The van der Waals surface area contributed by atoms with Gasteiger partial charge in [0.2, 0.25) is 5.91 Å². The normalized spacial score (nSPS) is 12.3. The average Bonchev–Trinajstić information content (AvgIpc) is 2.69. The Morgan fingerprint density at radius 3 is 2.64 bits per heavy atom. The molecule has 2 heterocycles. The second-order valence-electron chi connectivity index (χ2n) is 6.83. The summed E-state index contributed by atoms with van der Waals surface area (Å²) in [6.07, 6.45) is 2.77. The van der Waals surface area contributed by atoms with Gasteiger partial charge in [-0.1, -0.05) is 19.9 Å². The zero-order chi connectivity index (χ0) is 20.3. The Balaban J connectivity index is 2.00. The number of carbonyl (C=O) groups excluding carboxylic acids is 1. The van der Waals surface area contributed by atoms with Crippen LogP contribution in [-0.4, -0.2) is 32.8 Å². The number of hydrogen-bond donors (Lipinski definition) is 1. The van der Waals surface area contributed by atoms with E-state index in [2.05, 4.69) is 20.4 Å². The Labute approximate surface area is 162 Å². The van der Waals surface area contributed by atoms with E-state index in [4.69, 9.17) is 4.74 Å². The minimum Gasteiger partial charge on any atom is -0.377 e. The SMILES string of the molecule is COC(C)c1ccc2c(=O)n(CC(=O)Nc3ccncn3)nc(C(C)C)c2c1. The Hall–Kier alpha value is -3.13. The van der Waals surface area contributed by atoms with E-state index in [1.165, 1.54) is 17.2 Å². The molecule has 0 fully saturated rings. The van der Waals surface area contributed by atoms with Crippen molar-refractivity contribution in [3.05, 3.63) is 58.4 Å². The third-order valence-corrected chi connectivity index (χ3v) is 4.53. The number of amides is 1. The van der Waals surface area contributed by atoms with Crippen LogP contribution < -0.4 is 10.9 Å². The molecule has 3 aromatic rings. The number of hydrogen-bond acceptors (Lipinski definition) is 6. The van der Waals surface area contributed by atoms with Crippen molar-refractivity contribution in [2.24, 2.45) is 0 Å². The van der Waals surface area contributed by atoms with E-state index in [9.17, 15) is 9.59 Å². The largest absolute Gasteiger partial charge is 0.377 e. The smallest absolute Gasteiger partial charge is 0.275 e. The zero-order valence-corrected chi connectivity index (χ0v) is 16.3. The van der Waals surface area contributed by atoms with Crippen molar-refractivity contribution in [3.8, 4) is 0 Å². The summed E-state index contributed by atoms with van der Waals surface area (Å²) in [7, 11) is 1.64. The highest BCUT2D eigenvalue weighted by Crippen LogP contribution is 2.25. The number of methoxy groups -OCH3 is 1. The molecule has 0 saturated carbocycles. The number of rotatable bonds is 6. The summed E-state index contributed by atoms with van der Waals surface area (Å²) in [6, 6.07) is 7.16. The van der Waals surface area contributed by atoms with Crippen molar-refractivity contribution in [2.45, 2.75) is 39.3 Å². The Kier molecular flexibility index (Phi) is 5.79. The number of anilines is 1. The topological polar surface area (TPSA) is 99.0 Å². The summed E-state index contributed by atoms with van der Waals surface area (Å²) in [6.45, 7) is 5.75. The van der Waals surface area contributed by atoms with Crippen LogP contribution in [0.25, 0.3) is 10.8 Å². The quantitative estimate of drug-likeness (QED) is 0.705. The lowest BCUT2D eigenvalue weighted by Gasteiger charge is -2.16. The molecule has 1 N–H and O–H groups in total. The number of benzene rings is 1. The van der Waals surface area contributed by atoms with Gasteiger partial charge in [-0.05, 0) is 36.6 Å². The van der Waals surface area contributed by atoms with E-state index in [1.54, 1.807) is 19.2 Å². The molecule has 1 amide bonds. The molecule has 8 heteroatoms. The standard InChI is InChI=1S/C20H23N5O3/c1-12(2)19-16-9-14(13(3)28-4)5-6-15(16)20(27)25(24-19)10-18(26)23-17-7-8-21-11-22-17/h5-9,11-13H,10H2,1-4H3,(H,21,22,23,26). The molecule has 1 atom stereocenters. The van der Waals surface area contributed by atoms with Gasteiger partial charge in [0.1, 0.15) is 18.7 Å². The first-order chi connectivity index (χ1) is 13.4. The molecule has 1 unspecified atom stereocenters. The number of nitrogens with one attached hydrogen (secondary N) is 1. The highest BCUT2D eigenvalue weighted by Gasteiger charge is 2.17. The van der Waals surface area contributed by atoms with Gasteiger partial charge in [0.25, 0.3) is 5.56 Å². The maximum atomic E-state index is 12.9. The molecule has 3 rings (SSSR count). The van der Waals surface area contributed by atoms with Crippen LogP contribution in [0.3, 0.4) is 0 Å². The molecule has 0 aliphatic heterocycles. The third-order valence-electron chi connectivity index (χ3n) is 4.53. The fraction of sp³-hybridized carbons (Fsp3) is 0.350. The number of carbonyl (C=O) groups is 1. The highest BCUT2D eigenvalue weighted by atomic mass is 16.5. The Morgan fingerprint density at radius 2 is 2.00 bits per heavy atom. The van der Waals surface area contributed by atoms with Crippen molar-refractivity contribution in [2.75, 3.05) is 12.4 Å². The Bertz CT molecular complexity index is 1050. The van der Waals surface area contributed by atoms with Crippen LogP contribution in [-0.2, 0) is 16.1 Å². The van der Waals surface area contributed by atoms with Crippen LogP contribution in [0.15, 0.2) is 41.6 Å². The van der Waals surface area contributed by atoms with Crippen LogP contribution in [0.2, 0.25) is 0 Å². The molecule has 0 bridgehead atoms. The molecule has 146 valence electrons. The summed E-state index contributed by atoms with van der Waals surface area (Å²) in [5.41, 5.74) is 1.42. The van der Waals surface area contributed by atoms with Crippen LogP contribution in [0.1, 0.15) is 44.1 Å². The minimum atomic E-state index is -0.382. The predicted molar refractivity (Wildman–Crippen MR) is 106 cm³/mol. The second kappa shape index (κ2) is 8.26. The number of ether oxygens (including phenoxy) is 1. The molecule has 0 spiro atoms. The summed E-state index contributed by atoms with van der Waals surface area (Å²) in [4.78, 5) is 33.0. The van der Waals surface area contributed by atoms with Crippen LogP contribution >= 0.6 is 0 Å². The number of nitrogens with zero attached hydrogens (tertiary/aromatic N) is 4. The van der Waals surface area contributed by atoms with Crippen LogP contribution in [0.4, 0.5) is 5.82 Å². The van der Waals surface area contributed by atoms with Crippen molar-refractivity contribution < 1.29 is 9.53 Å². The zero-order valence-electron chi connectivity index (χ0n) is 16.3. The van der Waals surface area contributed by atoms with Gasteiger partial charge < -0.3 is 10.1 Å². The summed E-state index contributed by atoms with van der Waals surface area (Å²) in [5.74, 6) is 0.0653. The first kappa shape index (κ1) is 19.6. The number of aromatic nitrogens is 4. The summed E-state index contributed by atoms with van der Waals surface area (Å²) in [5, 5.41) is 8.43. The van der Waals surface area contributed by atoms with Gasteiger partial charge in [-0.25, -0.2) is 14.6 Å². The molecule has 1 aromatic carbocycles. The van der Waals surface area contributed by atoms with Crippen molar-refractivity contribution >= 4 is 22.5 Å². The number of fused-ring (bicyclic) bond motifs is 1. The highest BCUT2D eigenvalue weighted by molar-refractivity contribution is 5.90. The van der Waals surface area contributed by atoms with Crippen LogP contribution in [0.5, 0.6) is 0 Å².